The highest BCUT2D eigenvalue weighted by Gasteiger charge is 2.30. The molecule has 17 heavy (non-hydrogen) atoms. The molecule has 1 aromatic rings. The van der Waals surface area contributed by atoms with Gasteiger partial charge in [0.1, 0.15) is 5.16 Å². The van der Waals surface area contributed by atoms with Gasteiger partial charge < -0.3 is 0 Å². The number of aliphatic imine (C=N–C) groups is 1. The lowest BCUT2D eigenvalue weighted by molar-refractivity contribution is 0.586. The summed E-state index contributed by atoms with van der Waals surface area (Å²) in [5.41, 5.74) is -0.302. The minimum absolute atomic E-state index is 0.335. The Balaban J connectivity index is 2.49. The summed E-state index contributed by atoms with van der Waals surface area (Å²) in [5.74, 6) is 0. The highest BCUT2D eigenvalue weighted by Crippen LogP contribution is 2.28. The molecule has 1 unspecified atom stereocenters. The second-order valence-electron chi connectivity index (χ2n) is 3.65. The first kappa shape index (κ1) is 12.1. The zero-order chi connectivity index (χ0) is 12.5. The Hall–Kier alpha value is -1.33. The normalized spacial score (nSPS) is 20.2. The Labute approximate surface area is 105 Å². The smallest absolute Gasteiger partial charge is 0.228 e. The van der Waals surface area contributed by atoms with Crippen LogP contribution in [0.3, 0.4) is 0 Å². The van der Waals surface area contributed by atoms with E-state index in [-0.39, 0.29) is 0 Å². The Kier molecular flexibility index (Phi) is 3.22. The van der Waals surface area contributed by atoms with E-state index in [1.807, 2.05) is 18.2 Å². The minimum atomic E-state index is -3.35. The molecule has 6 heteroatoms. The maximum absolute atomic E-state index is 11.7. The van der Waals surface area contributed by atoms with Crippen LogP contribution in [0.25, 0.3) is 0 Å². The lowest BCUT2D eigenvalue weighted by atomic mass is 10.3. The molecule has 0 fully saturated rings. The predicted molar refractivity (Wildman–Crippen MR) is 70.0 cm³/mol. The number of hydrogen-bond donors (Lipinski definition) is 0. The SMILES string of the molecule is CS(=O)(=O)C1N=CC=C(Cl)N1c1ccccc1. The number of benzene rings is 1. The van der Waals surface area contributed by atoms with Gasteiger partial charge in [0.25, 0.3) is 0 Å². The predicted octanol–water partition coefficient (Wildman–Crippen LogP) is 1.99. The second kappa shape index (κ2) is 4.50. The fourth-order valence-corrected chi connectivity index (χ4v) is 2.79. The number of halogens is 1. The third-order valence-electron chi connectivity index (χ3n) is 2.29. The topological polar surface area (TPSA) is 49.7 Å². The highest BCUT2D eigenvalue weighted by molar-refractivity contribution is 7.91. The maximum Gasteiger partial charge on any atom is 0.228 e. The van der Waals surface area contributed by atoms with Gasteiger partial charge in [-0.25, -0.2) is 8.42 Å². The average molecular weight is 271 g/mol. The van der Waals surface area contributed by atoms with E-state index in [9.17, 15) is 8.42 Å². The lowest BCUT2D eigenvalue weighted by Crippen LogP contribution is -2.39. The summed E-state index contributed by atoms with van der Waals surface area (Å²) >= 11 is 6.05. The molecule has 0 spiro atoms. The number of hydrogen-bond acceptors (Lipinski definition) is 4. The largest absolute Gasteiger partial charge is 0.296 e. The zero-order valence-electron chi connectivity index (χ0n) is 9.12. The Morgan fingerprint density at radius 3 is 2.53 bits per heavy atom. The molecule has 4 nitrogen and oxygen atoms in total. The van der Waals surface area contributed by atoms with Crippen molar-refractivity contribution in [2.75, 3.05) is 11.2 Å². The Morgan fingerprint density at radius 2 is 1.94 bits per heavy atom. The van der Waals surface area contributed by atoms with Crippen molar-refractivity contribution in [3.8, 4) is 0 Å². The van der Waals surface area contributed by atoms with Crippen molar-refractivity contribution in [1.29, 1.82) is 0 Å². The monoisotopic (exact) mass is 270 g/mol. The van der Waals surface area contributed by atoms with Gasteiger partial charge in [0.05, 0.1) is 0 Å². The van der Waals surface area contributed by atoms with E-state index in [0.29, 0.717) is 10.8 Å². The first-order valence-corrected chi connectivity index (χ1v) is 7.25. The van der Waals surface area contributed by atoms with Crippen molar-refractivity contribution < 1.29 is 8.42 Å². The van der Waals surface area contributed by atoms with Crippen molar-refractivity contribution in [3.63, 3.8) is 0 Å². The van der Waals surface area contributed by atoms with Crippen LogP contribution in [0.1, 0.15) is 0 Å². The van der Waals surface area contributed by atoms with Gasteiger partial charge in [-0.15, -0.1) is 0 Å². The van der Waals surface area contributed by atoms with E-state index < -0.39 is 15.3 Å². The van der Waals surface area contributed by atoms with E-state index in [2.05, 4.69) is 4.99 Å². The summed E-state index contributed by atoms with van der Waals surface area (Å²) in [7, 11) is -3.35. The van der Waals surface area contributed by atoms with Crippen LogP contribution in [0.2, 0.25) is 0 Å². The van der Waals surface area contributed by atoms with Crippen LogP contribution < -0.4 is 4.90 Å². The van der Waals surface area contributed by atoms with Crippen molar-refractivity contribution in [1.82, 2.24) is 0 Å². The minimum Gasteiger partial charge on any atom is -0.296 e. The number of para-hydroxylation sites is 1. The standard InChI is InChI=1S/C11H11ClN2O2S/c1-17(15,16)11-13-8-7-10(12)14(11)9-5-3-2-4-6-9/h2-8,11H,1H3. The quantitative estimate of drug-likeness (QED) is 0.772. The van der Waals surface area contributed by atoms with Crippen LogP contribution in [-0.4, -0.2) is 26.4 Å². The molecule has 1 aromatic carbocycles. The molecule has 1 aliphatic heterocycles. The average Bonchev–Trinajstić information content (AvgIpc) is 2.28. The fourth-order valence-electron chi connectivity index (χ4n) is 1.57. The van der Waals surface area contributed by atoms with Crippen molar-refractivity contribution in [2.24, 2.45) is 4.99 Å². The van der Waals surface area contributed by atoms with Gasteiger partial charge in [0.2, 0.25) is 5.50 Å². The van der Waals surface area contributed by atoms with E-state index in [0.717, 1.165) is 6.26 Å². The highest BCUT2D eigenvalue weighted by atomic mass is 35.5. The van der Waals surface area contributed by atoms with Crippen LogP contribution >= 0.6 is 11.6 Å². The van der Waals surface area contributed by atoms with Crippen molar-refractivity contribution >= 4 is 33.3 Å². The summed E-state index contributed by atoms with van der Waals surface area (Å²) in [6, 6.07) is 9.06. The molecule has 90 valence electrons. The van der Waals surface area contributed by atoms with Crippen LogP contribution in [0.4, 0.5) is 5.69 Å². The summed E-state index contributed by atoms with van der Waals surface area (Å²) in [5, 5.41) is 0.335. The number of sulfone groups is 1. The molecule has 1 heterocycles. The molecule has 1 atom stereocenters. The van der Waals surface area contributed by atoms with Gasteiger partial charge in [-0.3, -0.25) is 9.89 Å². The first-order chi connectivity index (χ1) is 8.00. The van der Waals surface area contributed by atoms with E-state index >= 15 is 0 Å². The molecule has 0 aliphatic carbocycles. The molecule has 2 rings (SSSR count). The van der Waals surface area contributed by atoms with E-state index in [1.165, 1.54) is 11.1 Å². The molecule has 1 aliphatic rings. The van der Waals surface area contributed by atoms with Gasteiger partial charge in [-0.05, 0) is 18.2 Å². The summed E-state index contributed by atoms with van der Waals surface area (Å²) in [4.78, 5) is 5.44. The van der Waals surface area contributed by atoms with Crippen molar-refractivity contribution in [3.05, 3.63) is 41.6 Å². The second-order valence-corrected chi connectivity index (χ2v) is 6.12. The number of rotatable bonds is 2. The van der Waals surface area contributed by atoms with Crippen molar-refractivity contribution in [2.45, 2.75) is 5.50 Å². The molecular formula is C11H11ClN2O2S. The third-order valence-corrected chi connectivity index (χ3v) is 3.70. The summed E-state index contributed by atoms with van der Waals surface area (Å²) < 4.78 is 23.3. The summed E-state index contributed by atoms with van der Waals surface area (Å²) in [6.07, 6.45) is 4.12. The molecule has 0 saturated heterocycles. The number of allylic oxidation sites excluding steroid dienone is 1. The van der Waals surface area contributed by atoms with E-state index in [1.54, 1.807) is 18.2 Å². The Morgan fingerprint density at radius 1 is 1.29 bits per heavy atom. The third kappa shape index (κ3) is 2.50. The fraction of sp³-hybridized carbons (Fsp3) is 0.182. The van der Waals surface area contributed by atoms with Crippen LogP contribution in [0, 0.1) is 0 Å². The summed E-state index contributed by atoms with van der Waals surface area (Å²) in [6.45, 7) is 0. The number of nitrogens with zero attached hydrogens (tertiary/aromatic N) is 2. The lowest BCUT2D eigenvalue weighted by Gasteiger charge is -2.30. The Bertz CT molecular complexity index is 566. The zero-order valence-corrected chi connectivity index (χ0v) is 10.7. The van der Waals surface area contributed by atoms with Gasteiger partial charge in [-0.2, -0.15) is 0 Å². The molecule has 0 amide bonds. The maximum atomic E-state index is 11.7. The number of anilines is 1. The molecular weight excluding hydrogens is 260 g/mol. The van der Waals surface area contributed by atoms with Crippen LogP contribution in [0.5, 0.6) is 0 Å². The molecule has 0 saturated carbocycles. The van der Waals surface area contributed by atoms with Gasteiger partial charge in [-0.1, -0.05) is 29.8 Å². The molecule has 0 bridgehead atoms. The molecule has 0 radical (unpaired) electrons. The molecule has 0 N–H and O–H groups in total. The van der Waals surface area contributed by atoms with Gasteiger partial charge >= 0.3 is 0 Å². The van der Waals surface area contributed by atoms with Crippen LogP contribution in [0.15, 0.2) is 46.6 Å². The first-order valence-electron chi connectivity index (χ1n) is 4.92. The molecule has 0 aromatic heterocycles. The van der Waals surface area contributed by atoms with Gasteiger partial charge in [0, 0.05) is 18.2 Å². The van der Waals surface area contributed by atoms with E-state index in [4.69, 9.17) is 11.6 Å². The van der Waals surface area contributed by atoms with Crippen LogP contribution in [-0.2, 0) is 9.84 Å². The van der Waals surface area contributed by atoms with Gasteiger partial charge in [0.15, 0.2) is 9.84 Å².